The van der Waals surface area contributed by atoms with Gasteiger partial charge in [-0.05, 0) is 11.6 Å². The molecule has 0 radical (unpaired) electrons. The molecular formula is C10H7BrF2N2O2. The van der Waals surface area contributed by atoms with Crippen LogP contribution in [0.2, 0.25) is 0 Å². The number of nitrogens with zero attached hydrogens (tertiary/aromatic N) is 2. The van der Waals surface area contributed by atoms with Crippen LogP contribution in [-0.4, -0.2) is 18.1 Å². The van der Waals surface area contributed by atoms with Gasteiger partial charge in [-0.25, -0.2) is 18.6 Å². The predicted octanol–water partition coefficient (Wildman–Crippen LogP) is 2.57. The summed E-state index contributed by atoms with van der Waals surface area (Å²) < 4.78 is 29.5. The molecular weight excluding hydrogens is 298 g/mol. The summed E-state index contributed by atoms with van der Waals surface area (Å²) in [7, 11) is 1.14. The molecule has 0 spiro atoms. The number of alkyl halides is 3. The number of pyridine rings is 1. The SMILES string of the molecule is COC(=O)c1c(CBr)cc(C(F)F)nc1C#N. The molecule has 17 heavy (non-hydrogen) atoms. The van der Waals surface area contributed by atoms with Crippen molar-refractivity contribution in [3.8, 4) is 6.07 Å². The quantitative estimate of drug-likeness (QED) is 0.636. The van der Waals surface area contributed by atoms with Gasteiger partial charge in [0.2, 0.25) is 0 Å². The van der Waals surface area contributed by atoms with Crippen LogP contribution in [0.3, 0.4) is 0 Å². The van der Waals surface area contributed by atoms with Crippen molar-refractivity contribution in [1.82, 2.24) is 4.98 Å². The number of ether oxygens (including phenoxy) is 1. The van der Waals surface area contributed by atoms with Crippen LogP contribution < -0.4 is 0 Å². The number of rotatable bonds is 3. The second kappa shape index (κ2) is 5.68. The minimum absolute atomic E-state index is 0.0868. The van der Waals surface area contributed by atoms with E-state index in [1.807, 2.05) is 0 Å². The average Bonchev–Trinajstić information content (AvgIpc) is 2.35. The second-order valence-corrected chi connectivity index (χ2v) is 3.53. The maximum Gasteiger partial charge on any atom is 0.341 e. The van der Waals surface area contributed by atoms with Gasteiger partial charge in [0.25, 0.3) is 6.43 Å². The van der Waals surface area contributed by atoms with Crippen LogP contribution in [0.5, 0.6) is 0 Å². The lowest BCUT2D eigenvalue weighted by molar-refractivity contribution is 0.0598. The number of carbonyl (C=O) groups excluding carboxylic acids is 1. The fourth-order valence-electron chi connectivity index (χ4n) is 1.25. The van der Waals surface area contributed by atoms with Gasteiger partial charge in [0, 0.05) is 5.33 Å². The molecule has 0 aliphatic carbocycles. The molecule has 0 amide bonds. The Kier molecular flexibility index (Phi) is 4.52. The maximum atomic E-state index is 12.5. The number of halogens is 3. The van der Waals surface area contributed by atoms with Crippen molar-refractivity contribution in [2.75, 3.05) is 7.11 Å². The predicted molar refractivity (Wildman–Crippen MR) is 57.9 cm³/mol. The van der Waals surface area contributed by atoms with E-state index in [9.17, 15) is 13.6 Å². The van der Waals surface area contributed by atoms with Gasteiger partial charge in [-0.2, -0.15) is 5.26 Å². The summed E-state index contributed by atoms with van der Waals surface area (Å²) in [6.45, 7) is 0. The molecule has 0 saturated carbocycles. The Morgan fingerprint density at radius 1 is 1.71 bits per heavy atom. The van der Waals surface area contributed by atoms with Gasteiger partial charge < -0.3 is 4.74 Å². The molecule has 1 aromatic heterocycles. The summed E-state index contributed by atoms with van der Waals surface area (Å²) in [6.07, 6.45) is -2.80. The Balaban J connectivity index is 3.48. The smallest absolute Gasteiger partial charge is 0.341 e. The fraction of sp³-hybridized carbons (Fsp3) is 0.300. The topological polar surface area (TPSA) is 63.0 Å². The molecule has 0 atom stereocenters. The monoisotopic (exact) mass is 304 g/mol. The number of esters is 1. The Morgan fingerprint density at radius 2 is 2.35 bits per heavy atom. The average molecular weight is 305 g/mol. The molecule has 1 heterocycles. The molecule has 0 aliphatic heterocycles. The van der Waals surface area contributed by atoms with E-state index in [0.717, 1.165) is 13.2 Å². The highest BCUT2D eigenvalue weighted by Gasteiger charge is 2.22. The van der Waals surface area contributed by atoms with Crippen LogP contribution in [0.4, 0.5) is 8.78 Å². The lowest BCUT2D eigenvalue weighted by atomic mass is 10.1. The molecule has 0 fully saturated rings. The molecule has 1 rings (SSSR count). The van der Waals surface area contributed by atoms with Crippen molar-refractivity contribution in [1.29, 1.82) is 5.26 Å². The summed E-state index contributed by atoms with van der Waals surface area (Å²) in [6, 6.07) is 2.69. The summed E-state index contributed by atoms with van der Waals surface area (Å²) in [5, 5.41) is 8.96. The van der Waals surface area contributed by atoms with E-state index in [1.54, 1.807) is 6.07 Å². The van der Waals surface area contributed by atoms with Crippen molar-refractivity contribution in [3.05, 3.63) is 28.6 Å². The zero-order valence-corrected chi connectivity index (χ0v) is 10.3. The van der Waals surface area contributed by atoms with Gasteiger partial charge in [0.15, 0.2) is 5.69 Å². The van der Waals surface area contributed by atoms with E-state index >= 15 is 0 Å². The first-order valence-electron chi connectivity index (χ1n) is 4.41. The largest absolute Gasteiger partial charge is 0.465 e. The number of nitriles is 1. The highest BCUT2D eigenvalue weighted by Crippen LogP contribution is 2.24. The van der Waals surface area contributed by atoms with E-state index in [-0.39, 0.29) is 22.2 Å². The third kappa shape index (κ3) is 2.77. The zero-order valence-electron chi connectivity index (χ0n) is 8.71. The van der Waals surface area contributed by atoms with Crippen molar-refractivity contribution in [2.45, 2.75) is 11.8 Å². The maximum absolute atomic E-state index is 12.5. The van der Waals surface area contributed by atoms with Crippen LogP contribution in [0, 0.1) is 11.3 Å². The summed E-state index contributed by atoms with van der Waals surface area (Å²) in [4.78, 5) is 14.9. The standard InChI is InChI=1S/C10H7BrF2N2O2/c1-17-10(16)8-5(3-11)2-6(9(12)13)15-7(8)4-14/h2,9H,3H2,1H3. The Labute approximate surface area is 104 Å². The van der Waals surface area contributed by atoms with Crippen LogP contribution in [0.1, 0.15) is 33.7 Å². The minimum Gasteiger partial charge on any atom is -0.465 e. The van der Waals surface area contributed by atoms with E-state index in [0.29, 0.717) is 0 Å². The van der Waals surface area contributed by atoms with Gasteiger partial charge in [0.05, 0.1) is 7.11 Å². The first-order valence-corrected chi connectivity index (χ1v) is 5.53. The van der Waals surface area contributed by atoms with E-state index in [1.165, 1.54) is 0 Å². The Morgan fingerprint density at radius 3 is 2.76 bits per heavy atom. The molecule has 1 aromatic rings. The van der Waals surface area contributed by atoms with Crippen LogP contribution in [-0.2, 0) is 10.1 Å². The Bertz CT molecular complexity index is 486. The normalized spacial score (nSPS) is 10.1. The lowest BCUT2D eigenvalue weighted by Gasteiger charge is -2.09. The van der Waals surface area contributed by atoms with Gasteiger partial charge >= 0.3 is 5.97 Å². The minimum atomic E-state index is -2.80. The molecule has 0 bridgehead atoms. The molecule has 7 heteroatoms. The summed E-state index contributed by atoms with van der Waals surface area (Å²) in [5.41, 5.74) is -0.734. The molecule has 0 N–H and O–H groups in total. The van der Waals surface area contributed by atoms with Gasteiger partial charge in [-0.3, -0.25) is 0 Å². The molecule has 90 valence electrons. The molecule has 0 saturated heterocycles. The number of hydrogen-bond donors (Lipinski definition) is 0. The van der Waals surface area contributed by atoms with E-state index < -0.39 is 18.1 Å². The number of carbonyl (C=O) groups is 1. The number of hydrogen-bond acceptors (Lipinski definition) is 4. The third-order valence-electron chi connectivity index (χ3n) is 1.98. The van der Waals surface area contributed by atoms with Gasteiger partial charge in [-0.1, -0.05) is 15.9 Å². The van der Waals surface area contributed by atoms with Crippen molar-refractivity contribution in [2.24, 2.45) is 0 Å². The van der Waals surface area contributed by atoms with Gasteiger partial charge in [0.1, 0.15) is 17.3 Å². The number of methoxy groups -OCH3 is 1. The fourth-order valence-corrected chi connectivity index (χ4v) is 1.69. The Hall–Kier alpha value is -1.55. The molecule has 4 nitrogen and oxygen atoms in total. The second-order valence-electron chi connectivity index (χ2n) is 2.97. The van der Waals surface area contributed by atoms with Gasteiger partial charge in [-0.15, -0.1) is 0 Å². The van der Waals surface area contributed by atoms with Crippen LogP contribution in [0.25, 0.3) is 0 Å². The highest BCUT2D eigenvalue weighted by molar-refractivity contribution is 9.08. The summed E-state index contributed by atoms with van der Waals surface area (Å²) >= 11 is 3.06. The van der Waals surface area contributed by atoms with Crippen LogP contribution in [0.15, 0.2) is 6.07 Å². The summed E-state index contributed by atoms with van der Waals surface area (Å²) in [5.74, 6) is -0.774. The molecule has 0 aliphatic rings. The first-order chi connectivity index (χ1) is 8.04. The lowest BCUT2D eigenvalue weighted by Crippen LogP contribution is -2.11. The van der Waals surface area contributed by atoms with Crippen molar-refractivity contribution < 1.29 is 18.3 Å². The molecule has 0 aromatic carbocycles. The van der Waals surface area contributed by atoms with E-state index in [2.05, 4.69) is 25.7 Å². The highest BCUT2D eigenvalue weighted by atomic mass is 79.9. The molecule has 0 unspecified atom stereocenters. The van der Waals surface area contributed by atoms with E-state index in [4.69, 9.17) is 5.26 Å². The first kappa shape index (κ1) is 13.5. The van der Waals surface area contributed by atoms with Crippen molar-refractivity contribution in [3.63, 3.8) is 0 Å². The van der Waals surface area contributed by atoms with Crippen LogP contribution >= 0.6 is 15.9 Å². The number of aromatic nitrogens is 1. The van der Waals surface area contributed by atoms with Crippen molar-refractivity contribution >= 4 is 21.9 Å². The zero-order chi connectivity index (χ0) is 13.0. The third-order valence-corrected chi connectivity index (χ3v) is 2.59.